The van der Waals surface area contributed by atoms with Crippen LogP contribution in [-0.2, 0) is 4.79 Å². The maximum Gasteiger partial charge on any atom is 0.305 e. The first-order valence-electron chi connectivity index (χ1n) is 8.02. The molecule has 4 nitrogen and oxygen atoms in total. The van der Waals surface area contributed by atoms with Crippen molar-refractivity contribution >= 4 is 17.3 Å². The van der Waals surface area contributed by atoms with Crippen LogP contribution in [0.15, 0.2) is 36.4 Å². The van der Waals surface area contributed by atoms with Crippen LogP contribution in [0.25, 0.3) is 0 Å². The van der Waals surface area contributed by atoms with Gasteiger partial charge in [0, 0.05) is 37.6 Å². The zero-order chi connectivity index (χ0) is 15.9. The van der Waals surface area contributed by atoms with Crippen LogP contribution < -0.4 is 9.80 Å². The number of hydrogen-bond donors (Lipinski definition) is 1. The van der Waals surface area contributed by atoms with Crippen molar-refractivity contribution in [2.45, 2.75) is 32.6 Å². The highest BCUT2D eigenvalue weighted by molar-refractivity contribution is 5.68. The zero-order valence-electron chi connectivity index (χ0n) is 13.4. The highest BCUT2D eigenvalue weighted by Crippen LogP contribution is 2.24. The van der Waals surface area contributed by atoms with E-state index < -0.39 is 5.97 Å². The molecule has 2 rings (SSSR count). The normalized spacial score (nSPS) is 14.7. The van der Waals surface area contributed by atoms with E-state index in [0.29, 0.717) is 13.1 Å². The number of rotatable bonds is 7. The van der Waals surface area contributed by atoms with Gasteiger partial charge < -0.3 is 14.9 Å². The van der Waals surface area contributed by atoms with Gasteiger partial charge in [-0.2, -0.15) is 0 Å². The van der Waals surface area contributed by atoms with Crippen LogP contribution in [0.1, 0.15) is 32.6 Å². The summed E-state index contributed by atoms with van der Waals surface area (Å²) in [4.78, 5) is 15.3. The number of carbonyl (C=O) groups is 1. The molecule has 0 unspecified atom stereocenters. The second-order valence-electron chi connectivity index (χ2n) is 6.09. The zero-order valence-corrected chi connectivity index (χ0v) is 13.4. The van der Waals surface area contributed by atoms with Crippen LogP contribution in [0.5, 0.6) is 0 Å². The van der Waals surface area contributed by atoms with Crippen molar-refractivity contribution in [3.8, 4) is 0 Å². The predicted molar refractivity (Wildman–Crippen MR) is 91.8 cm³/mol. The molecule has 0 spiro atoms. The van der Waals surface area contributed by atoms with Gasteiger partial charge in [0.25, 0.3) is 0 Å². The lowest BCUT2D eigenvalue weighted by Gasteiger charge is -2.30. The van der Waals surface area contributed by atoms with Gasteiger partial charge >= 0.3 is 5.97 Å². The van der Waals surface area contributed by atoms with Crippen LogP contribution >= 0.6 is 0 Å². The molecule has 1 N–H and O–H groups in total. The molecule has 0 saturated carbocycles. The van der Waals surface area contributed by atoms with E-state index in [1.165, 1.54) is 24.9 Å². The summed E-state index contributed by atoms with van der Waals surface area (Å²) in [5.41, 5.74) is 3.35. The van der Waals surface area contributed by atoms with Gasteiger partial charge in [0.2, 0.25) is 0 Å². The number of carboxylic acids is 1. The van der Waals surface area contributed by atoms with Gasteiger partial charge in [-0.15, -0.1) is 0 Å². The van der Waals surface area contributed by atoms with Gasteiger partial charge in [-0.3, -0.25) is 4.79 Å². The van der Waals surface area contributed by atoms with Crippen molar-refractivity contribution < 1.29 is 9.90 Å². The smallest absolute Gasteiger partial charge is 0.305 e. The molecule has 4 heteroatoms. The van der Waals surface area contributed by atoms with E-state index >= 15 is 0 Å². The van der Waals surface area contributed by atoms with E-state index in [0.717, 1.165) is 24.4 Å². The number of anilines is 2. The lowest BCUT2D eigenvalue weighted by atomic mass is 10.1. The van der Waals surface area contributed by atoms with Gasteiger partial charge in [-0.25, -0.2) is 0 Å². The topological polar surface area (TPSA) is 43.8 Å². The third-order valence-corrected chi connectivity index (χ3v) is 3.99. The Kier molecular flexibility index (Phi) is 5.87. The van der Waals surface area contributed by atoms with Gasteiger partial charge in [-0.05, 0) is 50.5 Å². The number of carboxylic acid groups (broad SMARTS) is 1. The van der Waals surface area contributed by atoms with E-state index in [9.17, 15) is 4.79 Å². The van der Waals surface area contributed by atoms with E-state index in [2.05, 4.69) is 40.6 Å². The molecule has 0 aromatic heterocycles. The van der Waals surface area contributed by atoms with E-state index in [-0.39, 0.29) is 6.42 Å². The minimum atomic E-state index is -0.767. The Balaban J connectivity index is 2.06. The number of nitrogens with zero attached hydrogens (tertiary/aromatic N) is 2. The number of benzene rings is 1. The molecule has 1 fully saturated rings. The molecule has 0 radical (unpaired) electrons. The van der Waals surface area contributed by atoms with Crippen molar-refractivity contribution in [2.75, 3.05) is 36.0 Å². The maximum absolute atomic E-state index is 10.8. The SMILES string of the molecule is C=C(C)CN(CCC(=O)O)c1ccc(N2CCCCC2)cc1. The van der Waals surface area contributed by atoms with Crippen molar-refractivity contribution in [3.05, 3.63) is 36.4 Å². The van der Waals surface area contributed by atoms with Crippen LogP contribution in [0, 0.1) is 0 Å². The molecule has 120 valence electrons. The monoisotopic (exact) mass is 302 g/mol. The van der Waals surface area contributed by atoms with E-state index in [1.807, 2.05) is 6.92 Å². The van der Waals surface area contributed by atoms with Crippen LogP contribution in [0.2, 0.25) is 0 Å². The molecular weight excluding hydrogens is 276 g/mol. The second kappa shape index (κ2) is 7.87. The van der Waals surface area contributed by atoms with Crippen LogP contribution in [0.3, 0.4) is 0 Å². The Morgan fingerprint density at radius 3 is 2.41 bits per heavy atom. The van der Waals surface area contributed by atoms with Gasteiger partial charge in [0.05, 0.1) is 6.42 Å². The van der Waals surface area contributed by atoms with Gasteiger partial charge in [-0.1, -0.05) is 12.2 Å². The average molecular weight is 302 g/mol. The number of piperidine rings is 1. The van der Waals surface area contributed by atoms with E-state index in [4.69, 9.17) is 5.11 Å². The molecule has 1 aliphatic rings. The van der Waals surface area contributed by atoms with Gasteiger partial charge in [0.15, 0.2) is 0 Å². The standard InChI is InChI=1S/C18H26N2O2/c1-15(2)14-20(13-10-18(21)22)17-8-6-16(7-9-17)19-11-4-3-5-12-19/h6-9H,1,3-5,10-14H2,2H3,(H,21,22). The van der Waals surface area contributed by atoms with Crippen molar-refractivity contribution in [1.82, 2.24) is 0 Å². The Morgan fingerprint density at radius 1 is 1.23 bits per heavy atom. The molecular formula is C18H26N2O2. The third kappa shape index (κ3) is 4.79. The molecule has 1 saturated heterocycles. The molecule has 0 atom stereocenters. The van der Waals surface area contributed by atoms with Crippen molar-refractivity contribution in [2.24, 2.45) is 0 Å². The summed E-state index contributed by atoms with van der Waals surface area (Å²) in [7, 11) is 0. The summed E-state index contributed by atoms with van der Waals surface area (Å²) in [5, 5.41) is 8.90. The highest BCUT2D eigenvalue weighted by Gasteiger charge is 2.13. The largest absolute Gasteiger partial charge is 0.481 e. The van der Waals surface area contributed by atoms with Crippen molar-refractivity contribution in [1.29, 1.82) is 0 Å². The summed E-state index contributed by atoms with van der Waals surface area (Å²) in [6.07, 6.45) is 4.00. The molecule has 0 amide bonds. The second-order valence-corrected chi connectivity index (χ2v) is 6.09. The van der Waals surface area contributed by atoms with Crippen molar-refractivity contribution in [3.63, 3.8) is 0 Å². The fourth-order valence-corrected chi connectivity index (χ4v) is 2.88. The summed E-state index contributed by atoms with van der Waals surface area (Å²) >= 11 is 0. The molecule has 1 aliphatic heterocycles. The molecule has 0 aliphatic carbocycles. The first-order valence-corrected chi connectivity index (χ1v) is 8.02. The molecule has 1 heterocycles. The fourth-order valence-electron chi connectivity index (χ4n) is 2.88. The average Bonchev–Trinajstić information content (AvgIpc) is 2.52. The fraction of sp³-hybridized carbons (Fsp3) is 0.500. The third-order valence-electron chi connectivity index (χ3n) is 3.99. The summed E-state index contributed by atoms with van der Waals surface area (Å²) in [5.74, 6) is -0.767. The first-order chi connectivity index (χ1) is 10.6. The minimum absolute atomic E-state index is 0.140. The first kappa shape index (κ1) is 16.4. The Hall–Kier alpha value is -1.97. The molecule has 1 aromatic carbocycles. The predicted octanol–water partition coefficient (Wildman–Crippen LogP) is 3.53. The highest BCUT2D eigenvalue weighted by atomic mass is 16.4. The van der Waals surface area contributed by atoms with Crippen LogP contribution in [-0.4, -0.2) is 37.3 Å². The lowest BCUT2D eigenvalue weighted by molar-refractivity contribution is -0.136. The molecule has 0 bridgehead atoms. The number of aliphatic carboxylic acids is 1. The lowest BCUT2D eigenvalue weighted by Crippen LogP contribution is -2.30. The van der Waals surface area contributed by atoms with E-state index in [1.54, 1.807) is 0 Å². The van der Waals surface area contributed by atoms with Gasteiger partial charge in [0.1, 0.15) is 0 Å². The molecule has 1 aromatic rings. The summed E-state index contributed by atoms with van der Waals surface area (Å²) in [6.45, 7) is 9.37. The Bertz CT molecular complexity index is 504. The quantitative estimate of drug-likeness (QED) is 0.783. The Labute approximate surface area is 133 Å². The Morgan fingerprint density at radius 2 is 1.86 bits per heavy atom. The molecule has 22 heavy (non-hydrogen) atoms. The van der Waals surface area contributed by atoms with Crippen LogP contribution in [0.4, 0.5) is 11.4 Å². The maximum atomic E-state index is 10.8. The summed E-state index contributed by atoms with van der Waals surface area (Å²) in [6, 6.07) is 8.48. The summed E-state index contributed by atoms with van der Waals surface area (Å²) < 4.78 is 0. The number of hydrogen-bond acceptors (Lipinski definition) is 3. The minimum Gasteiger partial charge on any atom is -0.481 e.